The van der Waals surface area contributed by atoms with Crippen LogP contribution in [0.2, 0.25) is 0 Å². The van der Waals surface area contributed by atoms with E-state index in [9.17, 15) is 22.8 Å². The van der Waals surface area contributed by atoms with E-state index in [1.807, 2.05) is 4.90 Å². The quantitative estimate of drug-likeness (QED) is 0.687. The van der Waals surface area contributed by atoms with E-state index in [0.29, 0.717) is 31.3 Å². The number of alkyl halides is 3. The van der Waals surface area contributed by atoms with Gasteiger partial charge in [0, 0.05) is 32.7 Å². The molecular weight excluding hydrogens is 437 g/mol. The summed E-state index contributed by atoms with van der Waals surface area (Å²) in [6.45, 7) is 1.96. The summed E-state index contributed by atoms with van der Waals surface area (Å²) in [5, 5.41) is 13.6. The lowest BCUT2D eigenvalue weighted by atomic mass is 10.1. The predicted molar refractivity (Wildman–Crippen MR) is 116 cm³/mol. The maximum absolute atomic E-state index is 13.2. The van der Waals surface area contributed by atoms with Gasteiger partial charge in [0.05, 0.1) is 11.1 Å². The van der Waals surface area contributed by atoms with Crippen molar-refractivity contribution in [3.05, 3.63) is 47.5 Å². The lowest BCUT2D eigenvalue weighted by Gasteiger charge is -2.35. The zero-order chi connectivity index (χ0) is 23.4. The third-order valence-electron chi connectivity index (χ3n) is 5.78. The first-order chi connectivity index (χ1) is 15.8. The molecule has 0 unspecified atom stereocenters. The fourth-order valence-electron chi connectivity index (χ4n) is 3.74. The minimum atomic E-state index is -4.59. The topological polar surface area (TPSA) is 90.5 Å². The van der Waals surface area contributed by atoms with E-state index in [0.717, 1.165) is 18.4 Å². The molecule has 1 aromatic heterocycles. The molecule has 1 aliphatic heterocycles. The van der Waals surface area contributed by atoms with Gasteiger partial charge >= 0.3 is 12.2 Å². The normalized spacial score (nSPS) is 16.5. The second kappa shape index (κ2) is 9.63. The predicted octanol–water partition coefficient (Wildman–Crippen LogP) is 3.38. The number of benzene rings is 1. The van der Waals surface area contributed by atoms with Crippen LogP contribution >= 0.6 is 0 Å². The summed E-state index contributed by atoms with van der Waals surface area (Å²) >= 11 is 0. The van der Waals surface area contributed by atoms with Gasteiger partial charge in [0.15, 0.2) is 11.6 Å². The van der Waals surface area contributed by atoms with Crippen LogP contribution in [0.25, 0.3) is 0 Å². The molecule has 33 heavy (non-hydrogen) atoms. The van der Waals surface area contributed by atoms with Crippen molar-refractivity contribution < 1.29 is 22.8 Å². The van der Waals surface area contributed by atoms with Crippen LogP contribution in [-0.4, -0.2) is 59.8 Å². The molecule has 0 spiro atoms. The van der Waals surface area contributed by atoms with Gasteiger partial charge in [-0.1, -0.05) is 25.0 Å². The second-order valence-electron chi connectivity index (χ2n) is 8.21. The van der Waals surface area contributed by atoms with E-state index in [1.54, 1.807) is 12.1 Å². The van der Waals surface area contributed by atoms with Gasteiger partial charge in [0.2, 0.25) is 0 Å². The first kappa shape index (κ1) is 22.8. The number of carbonyl (C=O) groups is 2. The highest BCUT2D eigenvalue weighted by atomic mass is 19.4. The van der Waals surface area contributed by atoms with E-state index in [1.165, 1.54) is 35.9 Å². The minimum absolute atomic E-state index is 0.260. The lowest BCUT2D eigenvalue weighted by molar-refractivity contribution is -0.138. The third-order valence-corrected chi connectivity index (χ3v) is 5.78. The van der Waals surface area contributed by atoms with Crippen LogP contribution in [0.3, 0.4) is 0 Å². The molecule has 0 bridgehead atoms. The molecule has 4 rings (SSSR count). The van der Waals surface area contributed by atoms with E-state index < -0.39 is 17.6 Å². The van der Waals surface area contributed by atoms with Crippen molar-refractivity contribution in [3.63, 3.8) is 0 Å². The van der Waals surface area contributed by atoms with Crippen LogP contribution in [0.4, 0.5) is 29.6 Å². The van der Waals surface area contributed by atoms with Gasteiger partial charge < -0.3 is 15.1 Å². The largest absolute Gasteiger partial charge is 0.417 e. The number of amides is 3. The van der Waals surface area contributed by atoms with Crippen molar-refractivity contribution in [1.82, 2.24) is 20.4 Å². The van der Waals surface area contributed by atoms with E-state index >= 15 is 0 Å². The zero-order valence-electron chi connectivity index (χ0n) is 17.9. The fourth-order valence-corrected chi connectivity index (χ4v) is 3.74. The summed E-state index contributed by atoms with van der Waals surface area (Å²) in [5.74, 6) is 0.984. The van der Waals surface area contributed by atoms with Crippen molar-refractivity contribution in [3.8, 4) is 0 Å². The Morgan fingerprint density at radius 3 is 2.36 bits per heavy atom. The fraction of sp³-hybridized carbons (Fsp3) is 0.455. The number of piperazine rings is 1. The molecule has 1 saturated carbocycles. The van der Waals surface area contributed by atoms with Crippen LogP contribution in [0, 0.1) is 5.92 Å². The number of halogens is 3. The van der Waals surface area contributed by atoms with Gasteiger partial charge in [-0.25, -0.2) is 4.79 Å². The highest BCUT2D eigenvalue weighted by molar-refractivity contribution is 5.96. The molecule has 1 aliphatic carbocycles. The molecule has 2 heterocycles. The highest BCUT2D eigenvalue weighted by Crippen LogP contribution is 2.33. The highest BCUT2D eigenvalue weighted by Gasteiger charge is 2.36. The Morgan fingerprint density at radius 2 is 1.73 bits per heavy atom. The molecule has 8 nitrogen and oxygen atoms in total. The summed E-state index contributed by atoms with van der Waals surface area (Å²) in [4.78, 5) is 27.9. The smallest absolute Gasteiger partial charge is 0.352 e. The van der Waals surface area contributed by atoms with Crippen LogP contribution in [0.1, 0.15) is 35.2 Å². The molecule has 3 amide bonds. The average Bonchev–Trinajstić information content (AvgIpc) is 3.63. The number of rotatable bonds is 6. The molecule has 2 aliphatic rings. The standard InChI is InChI=1S/C22H25F3N6O2/c23-22(24,25)17-4-2-1-3-16(17)20(32)31-13-11-30(12-14-31)19-8-7-18(28-29-19)27-21(33)26-10-9-15-5-6-15/h1-4,7-8,15H,5-6,9-14H2,(H2,26,27,28,33). The summed E-state index contributed by atoms with van der Waals surface area (Å²) in [5.41, 5.74) is -1.27. The van der Waals surface area contributed by atoms with E-state index in [4.69, 9.17) is 0 Å². The lowest BCUT2D eigenvalue weighted by Crippen LogP contribution is -2.49. The summed E-state index contributed by atoms with van der Waals surface area (Å²) in [6.07, 6.45) is -1.14. The summed E-state index contributed by atoms with van der Waals surface area (Å²) in [7, 11) is 0. The van der Waals surface area contributed by atoms with E-state index in [2.05, 4.69) is 20.8 Å². The Bertz CT molecular complexity index is 986. The van der Waals surface area contributed by atoms with Crippen molar-refractivity contribution in [2.45, 2.75) is 25.4 Å². The number of nitrogens with zero attached hydrogens (tertiary/aromatic N) is 4. The molecule has 2 N–H and O–H groups in total. The zero-order valence-corrected chi connectivity index (χ0v) is 17.9. The third kappa shape index (κ3) is 5.91. The van der Waals surface area contributed by atoms with Crippen LogP contribution in [0.15, 0.2) is 36.4 Å². The molecule has 176 valence electrons. The van der Waals surface area contributed by atoms with Gasteiger partial charge in [-0.3, -0.25) is 10.1 Å². The number of nitrogens with one attached hydrogen (secondary N) is 2. The van der Waals surface area contributed by atoms with Gasteiger partial charge in [0.25, 0.3) is 5.91 Å². The van der Waals surface area contributed by atoms with Crippen molar-refractivity contribution in [1.29, 1.82) is 0 Å². The van der Waals surface area contributed by atoms with Crippen LogP contribution < -0.4 is 15.5 Å². The van der Waals surface area contributed by atoms with Crippen molar-refractivity contribution in [2.24, 2.45) is 5.92 Å². The number of hydrogen-bond donors (Lipinski definition) is 2. The SMILES string of the molecule is O=C(NCCC1CC1)Nc1ccc(N2CCN(C(=O)c3ccccc3C(F)(F)F)CC2)nn1. The second-order valence-corrected chi connectivity index (χ2v) is 8.21. The first-order valence-corrected chi connectivity index (χ1v) is 10.9. The molecule has 1 saturated heterocycles. The average molecular weight is 462 g/mol. The first-order valence-electron chi connectivity index (χ1n) is 10.9. The Morgan fingerprint density at radius 1 is 1.00 bits per heavy atom. The van der Waals surface area contributed by atoms with Gasteiger partial charge in [0.1, 0.15) is 0 Å². The molecule has 11 heteroatoms. The Hall–Kier alpha value is -3.37. The van der Waals surface area contributed by atoms with E-state index in [-0.39, 0.29) is 24.7 Å². The maximum atomic E-state index is 13.2. The number of aromatic nitrogens is 2. The number of hydrogen-bond acceptors (Lipinski definition) is 5. The number of carbonyl (C=O) groups excluding carboxylic acids is 2. The minimum Gasteiger partial charge on any atom is -0.352 e. The number of anilines is 2. The van der Waals surface area contributed by atoms with Gasteiger partial charge in [-0.15, -0.1) is 10.2 Å². The van der Waals surface area contributed by atoms with Gasteiger partial charge in [-0.2, -0.15) is 13.2 Å². The molecule has 0 radical (unpaired) electrons. The van der Waals surface area contributed by atoms with Crippen molar-refractivity contribution >= 4 is 23.6 Å². The maximum Gasteiger partial charge on any atom is 0.417 e. The molecular formula is C22H25F3N6O2. The van der Waals surface area contributed by atoms with Gasteiger partial charge in [-0.05, 0) is 36.6 Å². The molecule has 0 atom stereocenters. The monoisotopic (exact) mass is 462 g/mol. The molecule has 1 aromatic carbocycles. The molecule has 2 aromatic rings. The Labute approximate surface area is 189 Å². The number of urea groups is 1. The van der Waals surface area contributed by atoms with Crippen LogP contribution in [-0.2, 0) is 6.18 Å². The summed E-state index contributed by atoms with van der Waals surface area (Å²) < 4.78 is 39.7. The Kier molecular flexibility index (Phi) is 6.66. The Balaban J connectivity index is 1.29. The van der Waals surface area contributed by atoms with Crippen molar-refractivity contribution in [2.75, 3.05) is 42.9 Å². The summed E-state index contributed by atoms with van der Waals surface area (Å²) in [6, 6.07) is 7.84. The van der Waals surface area contributed by atoms with Crippen LogP contribution in [0.5, 0.6) is 0 Å². The molecule has 2 fully saturated rings.